The van der Waals surface area contributed by atoms with Crippen LogP contribution in [0.25, 0.3) is 34.1 Å². The molecule has 0 amide bonds. The van der Waals surface area contributed by atoms with Gasteiger partial charge in [0.15, 0.2) is 11.5 Å². The van der Waals surface area contributed by atoms with Crippen LogP contribution in [0.15, 0.2) is 63.9 Å². The first-order chi connectivity index (χ1) is 16.9. The van der Waals surface area contributed by atoms with Crippen LogP contribution in [0.4, 0.5) is 0 Å². The number of phenolic OH excluding ortho intramolecular Hbond substituents is 3. The highest BCUT2D eigenvalue weighted by atomic mass is 16.5. The highest BCUT2D eigenvalue weighted by Crippen LogP contribution is 2.44. The largest absolute Gasteiger partial charge is 0.507 e. The number of methoxy groups -OCH3 is 1. The molecule has 0 aliphatic carbocycles. The predicted octanol–water partition coefficient (Wildman–Crippen LogP) is 5.73. The molecule has 1 heterocycles. The molecular formula is C29H30O7. The van der Waals surface area contributed by atoms with Crippen LogP contribution >= 0.6 is 0 Å². The second-order valence-corrected chi connectivity index (χ2v) is 8.87. The third kappa shape index (κ3) is 4.78. The summed E-state index contributed by atoms with van der Waals surface area (Å²) < 4.78 is 11.5. The van der Waals surface area contributed by atoms with E-state index < -0.39 is 17.3 Å². The van der Waals surface area contributed by atoms with Crippen molar-refractivity contribution in [3.8, 4) is 23.0 Å². The average Bonchev–Trinajstić information content (AvgIpc) is 2.78. The van der Waals surface area contributed by atoms with Gasteiger partial charge in [-0.05, 0) is 32.9 Å². The number of benzene rings is 2. The molecule has 36 heavy (non-hydrogen) atoms. The van der Waals surface area contributed by atoms with E-state index >= 15 is 0 Å². The molecule has 0 bridgehead atoms. The summed E-state index contributed by atoms with van der Waals surface area (Å²) in [5.74, 6) is -1.10. The molecule has 1 unspecified atom stereocenters. The van der Waals surface area contributed by atoms with Gasteiger partial charge in [-0.3, -0.25) is 4.79 Å². The molecule has 0 fully saturated rings. The Bertz CT molecular complexity index is 1530. The Morgan fingerprint density at radius 2 is 1.58 bits per heavy atom. The van der Waals surface area contributed by atoms with Crippen molar-refractivity contribution >= 4 is 34.1 Å². The molecule has 3 aromatic rings. The van der Waals surface area contributed by atoms with Gasteiger partial charge in [0.2, 0.25) is 5.43 Å². The highest BCUT2D eigenvalue weighted by Gasteiger charge is 2.26. The molecule has 1 atom stereocenters. The fraction of sp³-hybridized carbons (Fsp3) is 0.207. The lowest BCUT2D eigenvalue weighted by Gasteiger charge is -2.17. The third-order valence-corrected chi connectivity index (χ3v) is 5.71. The number of aliphatic hydroxyl groups excluding tert-OH is 1. The van der Waals surface area contributed by atoms with E-state index in [1.54, 1.807) is 45.1 Å². The van der Waals surface area contributed by atoms with Gasteiger partial charge in [0.25, 0.3) is 0 Å². The van der Waals surface area contributed by atoms with Crippen LogP contribution in [0, 0.1) is 0 Å². The molecule has 3 rings (SSSR count). The second-order valence-electron chi connectivity index (χ2n) is 8.87. The Labute approximate surface area is 208 Å². The summed E-state index contributed by atoms with van der Waals surface area (Å²) in [5.41, 5.74) is 1.50. The molecule has 0 saturated carbocycles. The van der Waals surface area contributed by atoms with Crippen LogP contribution in [-0.4, -0.2) is 33.6 Å². The fourth-order valence-corrected chi connectivity index (χ4v) is 3.81. The van der Waals surface area contributed by atoms with Gasteiger partial charge in [-0.2, -0.15) is 0 Å². The van der Waals surface area contributed by atoms with Gasteiger partial charge in [-0.25, -0.2) is 0 Å². The molecule has 0 saturated heterocycles. The maximum atomic E-state index is 13.9. The van der Waals surface area contributed by atoms with E-state index in [-0.39, 0.29) is 62.3 Å². The van der Waals surface area contributed by atoms with Gasteiger partial charge >= 0.3 is 0 Å². The zero-order chi connectivity index (χ0) is 26.9. The van der Waals surface area contributed by atoms with Crippen molar-refractivity contribution in [2.75, 3.05) is 7.11 Å². The van der Waals surface area contributed by atoms with E-state index in [0.717, 1.165) is 0 Å². The molecule has 4 N–H and O–H groups in total. The lowest BCUT2D eigenvalue weighted by atomic mass is 9.96. The molecule has 7 nitrogen and oxygen atoms in total. The Kier molecular flexibility index (Phi) is 7.45. The zero-order valence-electron chi connectivity index (χ0n) is 20.8. The van der Waals surface area contributed by atoms with Crippen molar-refractivity contribution in [1.29, 1.82) is 0 Å². The van der Waals surface area contributed by atoms with Gasteiger partial charge in [-0.1, -0.05) is 48.6 Å². The van der Waals surface area contributed by atoms with Gasteiger partial charge in [0, 0.05) is 23.6 Å². The zero-order valence-corrected chi connectivity index (χ0v) is 20.8. The average molecular weight is 491 g/mol. The monoisotopic (exact) mass is 490 g/mol. The first kappa shape index (κ1) is 26.4. The van der Waals surface area contributed by atoms with Crippen LogP contribution in [0.5, 0.6) is 23.0 Å². The molecule has 2 aromatic carbocycles. The fourth-order valence-electron chi connectivity index (χ4n) is 3.81. The second kappa shape index (κ2) is 10.2. The van der Waals surface area contributed by atoms with Crippen molar-refractivity contribution in [3.05, 3.63) is 81.6 Å². The summed E-state index contributed by atoms with van der Waals surface area (Å²) in [7, 11) is 1.36. The van der Waals surface area contributed by atoms with Gasteiger partial charge in [0.05, 0.1) is 24.2 Å². The van der Waals surface area contributed by atoms with Gasteiger partial charge in [-0.15, -0.1) is 0 Å². The minimum absolute atomic E-state index is 0.0168. The SMILES string of the molecule is C=C(C)/C=C/c1c(O)c(OC)c(/C=C/C(=C)C)c2c(=O)c3c(O)c(CC(O)C(=C)C)c(O)cc3oc12. The number of ether oxygens (including phenoxy) is 1. The molecule has 0 aliphatic heterocycles. The molecule has 7 heteroatoms. The number of hydrogen-bond donors (Lipinski definition) is 4. The van der Waals surface area contributed by atoms with Crippen LogP contribution in [0.2, 0.25) is 0 Å². The lowest BCUT2D eigenvalue weighted by molar-refractivity contribution is 0.209. The molecule has 0 radical (unpaired) electrons. The number of allylic oxidation sites excluding steroid dienone is 4. The summed E-state index contributed by atoms with van der Waals surface area (Å²) in [6.45, 7) is 16.5. The van der Waals surface area contributed by atoms with E-state index in [0.29, 0.717) is 16.7 Å². The minimum atomic E-state index is -1.04. The maximum absolute atomic E-state index is 13.9. The first-order valence-electron chi connectivity index (χ1n) is 11.2. The Morgan fingerprint density at radius 1 is 1.00 bits per heavy atom. The molecular weight excluding hydrogens is 460 g/mol. The quantitative estimate of drug-likeness (QED) is 0.181. The summed E-state index contributed by atoms with van der Waals surface area (Å²) in [6, 6.07) is 1.20. The van der Waals surface area contributed by atoms with E-state index in [4.69, 9.17) is 9.15 Å². The van der Waals surface area contributed by atoms with Crippen molar-refractivity contribution in [2.24, 2.45) is 0 Å². The molecule has 1 aromatic heterocycles. The van der Waals surface area contributed by atoms with Crippen LogP contribution < -0.4 is 10.2 Å². The van der Waals surface area contributed by atoms with Crippen molar-refractivity contribution < 1.29 is 29.6 Å². The standard InChI is InChI=1S/C29H30O7/c1-14(2)8-10-17-23-27(34)24-22(13-21(31)19(25(24)32)12-20(30)16(5)6)36-28(23)18(11-9-15(3)4)26(33)29(17)35-7/h8-11,13,20,30-33H,1,3,5,12H2,2,4,6-7H3/b10-8+,11-9+. The van der Waals surface area contributed by atoms with E-state index in [1.165, 1.54) is 13.2 Å². The highest BCUT2D eigenvalue weighted by molar-refractivity contribution is 6.04. The summed E-state index contributed by atoms with van der Waals surface area (Å²) >= 11 is 0. The number of aromatic hydroxyl groups is 3. The molecule has 0 spiro atoms. The summed E-state index contributed by atoms with van der Waals surface area (Å²) in [5, 5.41) is 42.8. The van der Waals surface area contributed by atoms with Crippen LogP contribution in [0.1, 0.15) is 37.5 Å². The topological polar surface area (TPSA) is 120 Å². The van der Waals surface area contributed by atoms with Gasteiger partial charge in [0.1, 0.15) is 28.1 Å². The lowest BCUT2D eigenvalue weighted by Crippen LogP contribution is -2.13. The molecule has 0 aliphatic rings. The number of rotatable bonds is 8. The van der Waals surface area contributed by atoms with Crippen molar-refractivity contribution in [3.63, 3.8) is 0 Å². The number of phenols is 3. The Balaban J connectivity index is 2.58. The van der Waals surface area contributed by atoms with Crippen LogP contribution in [0.3, 0.4) is 0 Å². The van der Waals surface area contributed by atoms with E-state index in [9.17, 15) is 25.2 Å². The maximum Gasteiger partial charge on any atom is 0.205 e. The van der Waals surface area contributed by atoms with Crippen molar-refractivity contribution in [2.45, 2.75) is 33.3 Å². The van der Waals surface area contributed by atoms with E-state index in [2.05, 4.69) is 19.7 Å². The first-order valence-corrected chi connectivity index (χ1v) is 11.2. The predicted molar refractivity (Wildman–Crippen MR) is 144 cm³/mol. The summed E-state index contributed by atoms with van der Waals surface area (Å²) in [4.78, 5) is 13.9. The number of hydrogen-bond acceptors (Lipinski definition) is 7. The van der Waals surface area contributed by atoms with E-state index in [1.807, 2.05) is 0 Å². The van der Waals surface area contributed by atoms with Crippen LogP contribution in [-0.2, 0) is 6.42 Å². The minimum Gasteiger partial charge on any atom is -0.507 e. The smallest absolute Gasteiger partial charge is 0.205 e. The Morgan fingerprint density at radius 3 is 2.11 bits per heavy atom. The van der Waals surface area contributed by atoms with Crippen molar-refractivity contribution in [1.82, 2.24) is 0 Å². The number of fused-ring (bicyclic) bond motifs is 2. The normalized spacial score (nSPS) is 12.6. The van der Waals surface area contributed by atoms with Gasteiger partial charge < -0.3 is 29.6 Å². The third-order valence-electron chi connectivity index (χ3n) is 5.71. The number of aliphatic hydroxyl groups is 1. The Hall–Kier alpha value is -4.23. The summed E-state index contributed by atoms with van der Waals surface area (Å²) in [6.07, 6.45) is 5.20. The molecule has 188 valence electrons.